The lowest BCUT2D eigenvalue weighted by Gasteiger charge is -2.37. The number of benzene rings is 4. The van der Waals surface area contributed by atoms with Crippen LogP contribution in [-0.2, 0) is 34.2 Å². The van der Waals surface area contributed by atoms with Gasteiger partial charge >= 0.3 is 23.9 Å². The van der Waals surface area contributed by atoms with Gasteiger partial charge in [0.2, 0.25) is 0 Å². The summed E-state index contributed by atoms with van der Waals surface area (Å²) in [6.45, 7) is 4.64. The Morgan fingerprint density at radius 2 is 1.30 bits per heavy atom. The van der Waals surface area contributed by atoms with Crippen molar-refractivity contribution in [1.29, 1.82) is 0 Å². The Morgan fingerprint density at radius 3 is 1.86 bits per heavy atom. The highest BCUT2D eigenvalue weighted by Crippen LogP contribution is 2.50. The molecule has 4 aromatic carbocycles. The Bertz CT molecular complexity index is 1910. The van der Waals surface area contributed by atoms with Crippen LogP contribution in [-0.4, -0.2) is 58.4 Å². The van der Waals surface area contributed by atoms with E-state index < -0.39 is 29.5 Å². The van der Waals surface area contributed by atoms with Crippen molar-refractivity contribution in [3.8, 4) is 23.0 Å². The van der Waals surface area contributed by atoms with Gasteiger partial charge in [-0.2, -0.15) is 0 Å². The molecule has 0 spiro atoms. The quantitative estimate of drug-likeness (QED) is 0.0515. The Hall–Kier alpha value is -6.10. The summed E-state index contributed by atoms with van der Waals surface area (Å²) in [6, 6.07) is 22.0. The Kier molecular flexibility index (Phi) is 10.9. The average Bonchev–Trinajstić information content (AvgIpc) is 3.15. The van der Waals surface area contributed by atoms with Crippen LogP contribution in [0.15, 0.2) is 91.0 Å². The van der Waals surface area contributed by atoms with Crippen molar-refractivity contribution >= 4 is 40.7 Å². The normalized spacial score (nSPS) is 12.6. The summed E-state index contributed by atoms with van der Waals surface area (Å²) in [5.74, 6) is -1.17. The maximum Gasteiger partial charge on any atom is 0.342 e. The Morgan fingerprint density at radius 1 is 0.740 bits per heavy atom. The summed E-state index contributed by atoms with van der Waals surface area (Å²) < 4.78 is 38.7. The molecule has 11 heteroatoms. The minimum Gasteiger partial charge on any atom is -0.497 e. The van der Waals surface area contributed by atoms with Crippen LogP contribution >= 0.6 is 0 Å². The zero-order chi connectivity index (χ0) is 35.8. The number of ether oxygens (including phenoxy) is 7. The number of carbonyl (C=O) groups is 4. The van der Waals surface area contributed by atoms with Crippen molar-refractivity contribution in [2.45, 2.75) is 25.4 Å². The van der Waals surface area contributed by atoms with Gasteiger partial charge in [-0.1, -0.05) is 55.1 Å². The number of carbonyl (C=O) groups excluding carboxylic acids is 4. The zero-order valence-electron chi connectivity index (χ0n) is 28.1. The molecule has 0 saturated carbocycles. The summed E-state index contributed by atoms with van der Waals surface area (Å²) in [7, 11) is 4.40. The lowest BCUT2D eigenvalue weighted by Crippen LogP contribution is -2.34. The van der Waals surface area contributed by atoms with Crippen molar-refractivity contribution in [3.05, 3.63) is 113 Å². The molecule has 0 aromatic heterocycles. The molecular weight excluding hydrogens is 644 g/mol. The largest absolute Gasteiger partial charge is 0.497 e. The summed E-state index contributed by atoms with van der Waals surface area (Å²) >= 11 is 0. The maximum absolute atomic E-state index is 13.4. The monoisotopic (exact) mass is 680 g/mol. The molecule has 258 valence electrons. The van der Waals surface area contributed by atoms with E-state index in [2.05, 4.69) is 6.58 Å². The molecule has 11 nitrogen and oxygen atoms in total. The fourth-order valence-corrected chi connectivity index (χ4v) is 5.48. The summed E-state index contributed by atoms with van der Waals surface area (Å²) in [4.78, 5) is 50.3. The Labute approximate surface area is 288 Å². The summed E-state index contributed by atoms with van der Waals surface area (Å²) in [6.07, 6.45) is 2.93. The van der Waals surface area contributed by atoms with Gasteiger partial charge in [0.1, 0.15) is 36.0 Å². The second-order valence-electron chi connectivity index (χ2n) is 11.2. The first-order valence-corrected chi connectivity index (χ1v) is 15.6. The number of hydrogen-bond acceptors (Lipinski definition) is 11. The standard InChI is InChI=1S/C39H36O11/c1-24(2)37(42)48-23-22-47-32(40)18-19-33(41)49-36-30-9-7-6-8-29(30)35-31(34(36)38(43)46-5)20-21-39(50-35,25-10-14-27(44-3)15-11-25)26-12-16-28(45-4)17-13-26/h6-17,20-21H,1,18-19,22-23H2,2-5H3. The van der Waals surface area contributed by atoms with Gasteiger partial charge in [-0.15, -0.1) is 0 Å². The predicted molar refractivity (Wildman–Crippen MR) is 183 cm³/mol. The van der Waals surface area contributed by atoms with Crippen molar-refractivity contribution in [1.82, 2.24) is 0 Å². The molecule has 0 atom stereocenters. The van der Waals surface area contributed by atoms with E-state index in [1.807, 2.05) is 54.6 Å². The molecular formula is C39H36O11. The number of esters is 4. The van der Waals surface area contributed by atoms with E-state index in [1.165, 1.54) is 14.0 Å². The second-order valence-corrected chi connectivity index (χ2v) is 11.2. The number of methoxy groups -OCH3 is 3. The second kappa shape index (κ2) is 15.4. The van der Waals surface area contributed by atoms with Gasteiger partial charge in [0, 0.05) is 33.0 Å². The first-order valence-electron chi connectivity index (χ1n) is 15.6. The number of rotatable bonds is 13. The first kappa shape index (κ1) is 35.2. The van der Waals surface area contributed by atoms with Crippen molar-refractivity contribution in [2.24, 2.45) is 0 Å². The van der Waals surface area contributed by atoms with Crippen LogP contribution in [0.3, 0.4) is 0 Å². The van der Waals surface area contributed by atoms with Gasteiger partial charge in [0.15, 0.2) is 11.4 Å². The van der Waals surface area contributed by atoms with E-state index in [0.717, 1.165) is 11.1 Å². The molecule has 0 aliphatic carbocycles. The van der Waals surface area contributed by atoms with Gasteiger partial charge in [0.05, 0.1) is 34.2 Å². The van der Waals surface area contributed by atoms with E-state index in [9.17, 15) is 19.2 Å². The third-order valence-electron chi connectivity index (χ3n) is 8.01. The topological polar surface area (TPSA) is 133 Å². The fourth-order valence-electron chi connectivity index (χ4n) is 5.48. The SMILES string of the molecule is C=C(C)C(=O)OCCOC(=O)CCC(=O)Oc1c(C(=O)OC)c2c(c3ccccc13)OC(c1ccc(OC)cc1)(c1ccc(OC)cc1)C=C2. The van der Waals surface area contributed by atoms with Gasteiger partial charge in [-0.25, -0.2) is 9.59 Å². The van der Waals surface area contributed by atoms with Crippen molar-refractivity contribution < 1.29 is 52.3 Å². The molecule has 1 heterocycles. The average molecular weight is 681 g/mol. The van der Waals surface area contributed by atoms with Gasteiger partial charge < -0.3 is 33.2 Å². The maximum atomic E-state index is 13.4. The van der Waals surface area contributed by atoms with Crippen LogP contribution in [0.1, 0.15) is 46.8 Å². The molecule has 1 aliphatic rings. The lowest BCUT2D eigenvalue weighted by atomic mass is 9.82. The molecule has 0 fully saturated rings. The highest BCUT2D eigenvalue weighted by Gasteiger charge is 2.40. The van der Waals surface area contributed by atoms with E-state index in [-0.39, 0.29) is 42.9 Å². The highest BCUT2D eigenvalue weighted by molar-refractivity contribution is 6.09. The minimum absolute atomic E-state index is 0.0224. The van der Waals surface area contributed by atoms with E-state index >= 15 is 0 Å². The molecule has 0 saturated heterocycles. The van der Waals surface area contributed by atoms with Crippen LogP contribution in [0.4, 0.5) is 0 Å². The predicted octanol–water partition coefficient (Wildman–Crippen LogP) is 6.34. The van der Waals surface area contributed by atoms with Crippen molar-refractivity contribution in [2.75, 3.05) is 34.5 Å². The van der Waals surface area contributed by atoms with Gasteiger partial charge in [-0.3, -0.25) is 9.59 Å². The van der Waals surface area contributed by atoms with Crippen LogP contribution in [0.25, 0.3) is 16.8 Å². The van der Waals surface area contributed by atoms with Crippen LogP contribution in [0.5, 0.6) is 23.0 Å². The molecule has 50 heavy (non-hydrogen) atoms. The zero-order valence-corrected chi connectivity index (χ0v) is 28.1. The number of hydrogen-bond donors (Lipinski definition) is 0. The summed E-state index contributed by atoms with van der Waals surface area (Å²) in [5.41, 5.74) is 0.959. The minimum atomic E-state index is -1.15. The van der Waals surface area contributed by atoms with Crippen LogP contribution < -0.4 is 18.9 Å². The van der Waals surface area contributed by atoms with E-state index in [0.29, 0.717) is 33.6 Å². The van der Waals surface area contributed by atoms with E-state index in [4.69, 9.17) is 33.2 Å². The fraction of sp³-hybridized carbons (Fsp3) is 0.231. The highest BCUT2D eigenvalue weighted by atomic mass is 16.6. The number of fused-ring (bicyclic) bond motifs is 3. The molecule has 0 bridgehead atoms. The summed E-state index contributed by atoms with van der Waals surface area (Å²) in [5, 5.41) is 0.980. The molecule has 0 N–H and O–H groups in total. The molecule has 0 unspecified atom stereocenters. The van der Waals surface area contributed by atoms with Gasteiger partial charge in [-0.05, 0) is 43.3 Å². The smallest absolute Gasteiger partial charge is 0.342 e. The van der Waals surface area contributed by atoms with Crippen LogP contribution in [0, 0.1) is 0 Å². The molecule has 1 aliphatic heterocycles. The van der Waals surface area contributed by atoms with Crippen LogP contribution in [0.2, 0.25) is 0 Å². The third-order valence-corrected chi connectivity index (χ3v) is 8.01. The Balaban J connectivity index is 1.50. The molecule has 4 aromatic rings. The van der Waals surface area contributed by atoms with E-state index in [1.54, 1.807) is 44.6 Å². The van der Waals surface area contributed by atoms with Crippen molar-refractivity contribution in [3.63, 3.8) is 0 Å². The molecule has 0 radical (unpaired) electrons. The molecule has 0 amide bonds. The third kappa shape index (κ3) is 7.31. The molecule has 5 rings (SSSR count). The lowest BCUT2D eigenvalue weighted by molar-refractivity contribution is -0.151. The van der Waals surface area contributed by atoms with Gasteiger partial charge in [0.25, 0.3) is 0 Å². The first-order chi connectivity index (χ1) is 24.1.